The number of aromatic amines is 1. The number of fused-ring (bicyclic) bond motifs is 4. The maximum absolute atomic E-state index is 11.6. The number of carbonyl (C=O) groups excluding carboxylic acids is 1. The standard InChI is InChI=1S/C26H24N4O3/c27-26(31)17-3-4-23-20(12-17)21(13-29-23)16-7-10-30(11-8-16)14-18-15-32-24-6-5-22-19(25(24)33-18)2-1-9-28-22/h1-7,9,12-13,18,29H,8,10-11,14-15H2,(H2,27,31). The van der Waals surface area contributed by atoms with Crippen LogP contribution in [0.15, 0.2) is 60.9 Å². The van der Waals surface area contributed by atoms with Gasteiger partial charge in [0.1, 0.15) is 12.7 Å². The summed E-state index contributed by atoms with van der Waals surface area (Å²) in [5, 5.41) is 2.02. The number of aromatic nitrogens is 2. The summed E-state index contributed by atoms with van der Waals surface area (Å²) >= 11 is 0. The van der Waals surface area contributed by atoms with Crippen molar-refractivity contribution < 1.29 is 14.3 Å². The second-order valence-electron chi connectivity index (χ2n) is 8.58. The molecule has 0 fully saturated rings. The molecule has 0 bridgehead atoms. The first-order valence-electron chi connectivity index (χ1n) is 11.2. The van der Waals surface area contributed by atoms with Gasteiger partial charge in [0.2, 0.25) is 5.91 Å². The highest BCUT2D eigenvalue weighted by Gasteiger charge is 2.26. The molecule has 2 aliphatic heterocycles. The van der Waals surface area contributed by atoms with Crippen molar-refractivity contribution in [2.75, 3.05) is 26.2 Å². The molecule has 7 nitrogen and oxygen atoms in total. The Morgan fingerprint density at radius 1 is 1.21 bits per heavy atom. The lowest BCUT2D eigenvalue weighted by Gasteiger charge is -2.33. The van der Waals surface area contributed by atoms with Gasteiger partial charge in [-0.15, -0.1) is 0 Å². The molecule has 0 aliphatic carbocycles. The first kappa shape index (κ1) is 19.8. The summed E-state index contributed by atoms with van der Waals surface area (Å²) < 4.78 is 12.4. The summed E-state index contributed by atoms with van der Waals surface area (Å²) in [6, 6.07) is 13.4. The van der Waals surface area contributed by atoms with E-state index in [0.717, 1.165) is 64.9 Å². The molecule has 0 spiro atoms. The molecule has 1 atom stereocenters. The number of amides is 1. The van der Waals surface area contributed by atoms with Crippen LogP contribution in [0.25, 0.3) is 27.4 Å². The largest absolute Gasteiger partial charge is 0.486 e. The molecule has 6 rings (SSSR count). The molecule has 1 amide bonds. The molecular weight excluding hydrogens is 416 g/mol. The van der Waals surface area contributed by atoms with Gasteiger partial charge in [0.15, 0.2) is 11.5 Å². The molecule has 0 radical (unpaired) electrons. The van der Waals surface area contributed by atoms with E-state index in [1.807, 2.05) is 42.6 Å². The lowest BCUT2D eigenvalue weighted by molar-refractivity contribution is 0.0632. The number of hydrogen-bond donors (Lipinski definition) is 2. The average molecular weight is 441 g/mol. The Morgan fingerprint density at radius 3 is 3.00 bits per heavy atom. The number of primary amides is 1. The first-order valence-corrected chi connectivity index (χ1v) is 11.2. The molecule has 7 heteroatoms. The van der Waals surface area contributed by atoms with Crippen LogP contribution in [0.2, 0.25) is 0 Å². The topological polar surface area (TPSA) is 93.5 Å². The van der Waals surface area contributed by atoms with Gasteiger partial charge in [0, 0.05) is 59.4 Å². The van der Waals surface area contributed by atoms with Gasteiger partial charge in [-0.1, -0.05) is 6.08 Å². The van der Waals surface area contributed by atoms with Gasteiger partial charge in [-0.3, -0.25) is 14.7 Å². The number of nitrogens with two attached hydrogens (primary N) is 1. The molecule has 0 saturated carbocycles. The van der Waals surface area contributed by atoms with Gasteiger partial charge in [-0.2, -0.15) is 0 Å². The summed E-state index contributed by atoms with van der Waals surface area (Å²) in [5.41, 5.74) is 10.3. The molecule has 3 N–H and O–H groups in total. The quantitative estimate of drug-likeness (QED) is 0.504. The SMILES string of the molecule is NC(=O)c1ccc2[nH]cc(C3=CCN(CC4COc5ccc6ncccc6c5O4)CC3)c2c1. The second-order valence-corrected chi connectivity index (χ2v) is 8.58. The zero-order valence-electron chi connectivity index (χ0n) is 18.1. The van der Waals surface area contributed by atoms with Gasteiger partial charge in [-0.25, -0.2) is 0 Å². The lowest BCUT2D eigenvalue weighted by Crippen LogP contribution is -2.42. The van der Waals surface area contributed by atoms with Crippen LogP contribution in [-0.4, -0.2) is 53.1 Å². The number of carbonyl (C=O) groups is 1. The summed E-state index contributed by atoms with van der Waals surface area (Å²) in [6.45, 7) is 3.09. The third-order valence-electron chi connectivity index (χ3n) is 6.48. The van der Waals surface area contributed by atoms with E-state index in [0.29, 0.717) is 12.2 Å². The van der Waals surface area contributed by atoms with Crippen LogP contribution in [0.3, 0.4) is 0 Å². The molecular formula is C26H24N4O3. The van der Waals surface area contributed by atoms with E-state index in [1.165, 1.54) is 5.57 Å². The molecule has 4 heterocycles. The zero-order valence-corrected chi connectivity index (χ0v) is 18.1. The zero-order chi connectivity index (χ0) is 22.4. The van der Waals surface area contributed by atoms with Gasteiger partial charge in [0.25, 0.3) is 0 Å². The molecule has 33 heavy (non-hydrogen) atoms. The Balaban J connectivity index is 1.17. The van der Waals surface area contributed by atoms with Crippen molar-refractivity contribution in [3.63, 3.8) is 0 Å². The van der Waals surface area contributed by atoms with Crippen molar-refractivity contribution in [1.82, 2.24) is 14.9 Å². The highest BCUT2D eigenvalue weighted by Crippen LogP contribution is 2.38. The normalized spacial score (nSPS) is 18.4. The smallest absolute Gasteiger partial charge is 0.248 e. The monoisotopic (exact) mass is 440 g/mol. The highest BCUT2D eigenvalue weighted by molar-refractivity contribution is 6.00. The van der Waals surface area contributed by atoms with Crippen LogP contribution in [-0.2, 0) is 0 Å². The fourth-order valence-electron chi connectivity index (χ4n) is 4.76. The number of ether oxygens (including phenoxy) is 2. The lowest BCUT2D eigenvalue weighted by atomic mass is 9.97. The Labute approximate surface area is 190 Å². The molecule has 2 aromatic heterocycles. The molecule has 4 aromatic rings. The Morgan fingerprint density at radius 2 is 2.15 bits per heavy atom. The van der Waals surface area contributed by atoms with Crippen molar-refractivity contribution in [3.8, 4) is 11.5 Å². The van der Waals surface area contributed by atoms with Gasteiger partial charge in [-0.05, 0) is 54.5 Å². The number of nitrogens with zero attached hydrogens (tertiary/aromatic N) is 2. The summed E-state index contributed by atoms with van der Waals surface area (Å²) in [5.74, 6) is 1.16. The van der Waals surface area contributed by atoms with Crippen molar-refractivity contribution in [3.05, 3.63) is 72.1 Å². The minimum absolute atomic E-state index is 0.0375. The summed E-state index contributed by atoms with van der Waals surface area (Å²) in [6.07, 6.45) is 6.95. The second kappa shape index (κ2) is 7.94. The van der Waals surface area contributed by atoms with E-state index in [9.17, 15) is 4.79 Å². The number of benzene rings is 2. The van der Waals surface area contributed by atoms with Crippen molar-refractivity contribution in [1.29, 1.82) is 0 Å². The highest BCUT2D eigenvalue weighted by atomic mass is 16.6. The number of H-pyrrole nitrogens is 1. The third kappa shape index (κ3) is 3.60. The minimum atomic E-state index is -0.410. The molecule has 2 aliphatic rings. The first-order chi connectivity index (χ1) is 16.2. The number of hydrogen-bond acceptors (Lipinski definition) is 5. The minimum Gasteiger partial charge on any atom is -0.486 e. The van der Waals surface area contributed by atoms with E-state index in [1.54, 1.807) is 12.3 Å². The van der Waals surface area contributed by atoms with Crippen molar-refractivity contribution in [2.45, 2.75) is 12.5 Å². The fourth-order valence-corrected chi connectivity index (χ4v) is 4.76. The third-order valence-corrected chi connectivity index (χ3v) is 6.48. The van der Waals surface area contributed by atoms with Crippen LogP contribution < -0.4 is 15.2 Å². The van der Waals surface area contributed by atoms with Crippen LogP contribution in [0.1, 0.15) is 22.3 Å². The Bertz CT molecular complexity index is 1410. The van der Waals surface area contributed by atoms with Crippen LogP contribution in [0.4, 0.5) is 0 Å². The predicted octanol–water partition coefficient (Wildman–Crippen LogP) is 3.74. The van der Waals surface area contributed by atoms with Crippen LogP contribution in [0.5, 0.6) is 11.5 Å². The number of pyridine rings is 1. The number of nitrogens with one attached hydrogen (secondary N) is 1. The van der Waals surface area contributed by atoms with Gasteiger partial charge < -0.3 is 20.2 Å². The van der Waals surface area contributed by atoms with E-state index in [2.05, 4.69) is 20.9 Å². The number of rotatable bonds is 4. The Hall–Kier alpha value is -3.84. The maximum Gasteiger partial charge on any atom is 0.248 e. The molecule has 2 aromatic carbocycles. The summed E-state index contributed by atoms with van der Waals surface area (Å²) in [7, 11) is 0. The molecule has 0 saturated heterocycles. The van der Waals surface area contributed by atoms with Crippen molar-refractivity contribution in [2.24, 2.45) is 5.73 Å². The van der Waals surface area contributed by atoms with E-state index in [4.69, 9.17) is 15.2 Å². The predicted molar refractivity (Wildman–Crippen MR) is 128 cm³/mol. The van der Waals surface area contributed by atoms with Crippen LogP contribution in [0, 0.1) is 0 Å². The Kier molecular flexibility index (Phi) is 4.77. The molecule has 166 valence electrons. The van der Waals surface area contributed by atoms with Gasteiger partial charge >= 0.3 is 0 Å². The van der Waals surface area contributed by atoms with E-state index in [-0.39, 0.29) is 6.10 Å². The average Bonchev–Trinajstić information content (AvgIpc) is 3.28. The summed E-state index contributed by atoms with van der Waals surface area (Å²) in [4.78, 5) is 21.7. The van der Waals surface area contributed by atoms with E-state index < -0.39 is 5.91 Å². The van der Waals surface area contributed by atoms with Crippen molar-refractivity contribution >= 4 is 33.3 Å². The van der Waals surface area contributed by atoms with Crippen LogP contribution >= 0.6 is 0 Å². The molecule has 1 unspecified atom stereocenters. The van der Waals surface area contributed by atoms with E-state index >= 15 is 0 Å². The van der Waals surface area contributed by atoms with Gasteiger partial charge in [0.05, 0.1) is 5.52 Å². The fraction of sp³-hybridized carbons (Fsp3) is 0.231. The maximum atomic E-state index is 11.6.